The number of nitro groups is 1. The minimum atomic E-state index is -4.68. The molecule has 5 heterocycles. The van der Waals surface area contributed by atoms with Crippen LogP contribution in [0.5, 0.6) is 11.6 Å². The summed E-state index contributed by atoms with van der Waals surface area (Å²) < 4.78 is 62.1. The van der Waals surface area contributed by atoms with E-state index >= 15 is 4.39 Å². The van der Waals surface area contributed by atoms with Gasteiger partial charge >= 0.3 is 5.69 Å². The van der Waals surface area contributed by atoms with Crippen LogP contribution in [0.1, 0.15) is 68.3 Å². The topological polar surface area (TPSA) is 172 Å². The van der Waals surface area contributed by atoms with E-state index in [9.17, 15) is 23.3 Å². The van der Waals surface area contributed by atoms with Crippen molar-refractivity contribution >= 4 is 66.9 Å². The van der Waals surface area contributed by atoms with Gasteiger partial charge in [-0.3, -0.25) is 19.8 Å². The van der Waals surface area contributed by atoms with Crippen molar-refractivity contribution in [1.82, 2.24) is 19.6 Å². The zero-order valence-corrected chi connectivity index (χ0v) is 38.6. The van der Waals surface area contributed by atoms with Gasteiger partial charge in [-0.2, -0.15) is 4.98 Å². The van der Waals surface area contributed by atoms with Gasteiger partial charge in [-0.25, -0.2) is 17.5 Å². The smallest absolute Gasteiger partial charge is 0.312 e. The molecule has 2 saturated heterocycles. The number of anilines is 3. The molecule has 15 nitrogen and oxygen atoms in total. The van der Waals surface area contributed by atoms with Crippen LogP contribution in [0, 0.1) is 15.5 Å². The second kappa shape index (κ2) is 18.5. The second-order valence-corrected chi connectivity index (χ2v) is 20.5. The summed E-state index contributed by atoms with van der Waals surface area (Å²) in [7, 11) is -4.68. The Labute approximate surface area is 388 Å². The lowest BCUT2D eigenvalue weighted by molar-refractivity contribution is -0.386. The largest absolute Gasteiger partial charge is 0.483 e. The monoisotopic (exact) mass is 941 g/mol. The SMILES string of the molecule is CC1(C)CCC(CN2CCN(c3ccc(C(=O)NS(=O)(=O)c4ccc(OCC5(F)CCOCC5)c([N+](=O)[O-])c4)c(N4CCCOc5nc6[nH]ccc6cc54)c3)CC2)=C(c2ccc(Cl)cc2)C1. The van der Waals surface area contributed by atoms with E-state index < -0.39 is 43.7 Å². The summed E-state index contributed by atoms with van der Waals surface area (Å²) in [6, 6.07) is 20.3. The first-order valence-electron chi connectivity index (χ1n) is 22.4. The van der Waals surface area contributed by atoms with E-state index in [1.807, 2.05) is 41.3 Å². The molecule has 2 N–H and O–H groups in total. The third-order valence-electron chi connectivity index (χ3n) is 13.1. The van der Waals surface area contributed by atoms with Gasteiger partial charge in [-0.05, 0) is 96.8 Å². The second-order valence-electron chi connectivity index (χ2n) is 18.3. The third-order valence-corrected chi connectivity index (χ3v) is 14.7. The van der Waals surface area contributed by atoms with Gasteiger partial charge in [0.2, 0.25) is 5.88 Å². The van der Waals surface area contributed by atoms with E-state index in [-0.39, 0.29) is 42.8 Å². The summed E-state index contributed by atoms with van der Waals surface area (Å²) >= 11 is 6.26. The molecule has 66 heavy (non-hydrogen) atoms. The number of hydrogen-bond donors (Lipinski definition) is 2. The first-order valence-corrected chi connectivity index (χ1v) is 24.2. The summed E-state index contributed by atoms with van der Waals surface area (Å²) in [4.78, 5) is 39.7. The number of aromatic nitrogens is 2. The number of carbonyl (C=O) groups is 1. The molecule has 9 rings (SSSR count). The minimum absolute atomic E-state index is 0.0593. The lowest BCUT2D eigenvalue weighted by Gasteiger charge is -2.39. The number of nitrogens with one attached hydrogen (secondary N) is 2. The molecular weight excluding hydrogens is 889 g/mol. The molecule has 1 aliphatic carbocycles. The molecular formula is C48H53ClFN7O8S. The molecule has 2 fully saturated rings. The van der Waals surface area contributed by atoms with Gasteiger partial charge in [0.1, 0.15) is 23.6 Å². The number of nitro benzene ring substituents is 1. The zero-order chi connectivity index (χ0) is 46.2. The standard InChI is InChI=1S/C48H53ClFN7O8S/c1-47(2)14-12-34(39(29-47)32-4-6-35(49)7-5-32)30-54-19-21-55(22-20-54)36-8-10-38(40(27-36)56-18-3-23-64-46-42(56)26-33-13-17-51-44(33)52-46)45(58)53-66(61,62)37-9-11-43(41(28-37)57(59)60)65-31-48(50)15-24-63-25-16-48/h4-11,13,17,26-28H,3,12,14-16,18-25,29-31H2,1-2H3,(H,51,52)(H,53,58). The Hall–Kier alpha value is -5.75. The first-order chi connectivity index (χ1) is 31.6. The molecule has 0 atom stereocenters. The Morgan fingerprint density at radius 2 is 1.74 bits per heavy atom. The highest BCUT2D eigenvalue weighted by Crippen LogP contribution is 2.44. The van der Waals surface area contributed by atoms with Crippen LogP contribution in [-0.4, -0.2) is 105 Å². The molecule has 3 aliphatic heterocycles. The number of halogens is 2. The number of ether oxygens (including phenoxy) is 3. The van der Waals surface area contributed by atoms with E-state index in [0.29, 0.717) is 42.5 Å². The number of H-pyrrole nitrogens is 1. The molecule has 0 spiro atoms. The van der Waals surface area contributed by atoms with Crippen molar-refractivity contribution in [3.05, 3.63) is 111 Å². The highest BCUT2D eigenvalue weighted by molar-refractivity contribution is 7.90. The highest BCUT2D eigenvalue weighted by atomic mass is 35.5. The van der Waals surface area contributed by atoms with Crippen LogP contribution in [0.4, 0.5) is 27.1 Å². The molecule has 0 bridgehead atoms. The fraction of sp³-hybridized carbons (Fsp3) is 0.417. The minimum Gasteiger partial charge on any atom is -0.483 e. The van der Waals surface area contributed by atoms with Crippen molar-refractivity contribution in [3.8, 4) is 11.6 Å². The molecule has 18 heteroatoms. The summed E-state index contributed by atoms with van der Waals surface area (Å²) in [6.45, 7) is 9.32. The van der Waals surface area contributed by atoms with Crippen molar-refractivity contribution in [2.75, 3.05) is 75.5 Å². The number of amides is 1. The fourth-order valence-electron chi connectivity index (χ4n) is 9.30. The Bertz CT molecular complexity index is 2790. The lowest BCUT2D eigenvalue weighted by atomic mass is 9.72. The van der Waals surface area contributed by atoms with Gasteiger partial charge in [0, 0.05) is 93.7 Å². The van der Waals surface area contributed by atoms with E-state index in [2.05, 4.69) is 45.5 Å². The summed E-state index contributed by atoms with van der Waals surface area (Å²) in [5, 5.41) is 13.7. The van der Waals surface area contributed by atoms with Crippen LogP contribution >= 0.6 is 11.6 Å². The number of sulfonamides is 1. The lowest BCUT2D eigenvalue weighted by Crippen LogP contribution is -2.47. The maximum Gasteiger partial charge on any atom is 0.312 e. The van der Waals surface area contributed by atoms with Crippen LogP contribution < -0.4 is 24.0 Å². The van der Waals surface area contributed by atoms with Gasteiger partial charge in [0.15, 0.2) is 5.75 Å². The van der Waals surface area contributed by atoms with E-state index in [1.165, 1.54) is 16.7 Å². The van der Waals surface area contributed by atoms with E-state index in [4.69, 9.17) is 30.8 Å². The molecule has 5 aromatic rings. The molecule has 0 unspecified atom stereocenters. The van der Waals surface area contributed by atoms with Crippen molar-refractivity contribution in [2.24, 2.45) is 5.41 Å². The van der Waals surface area contributed by atoms with Crippen molar-refractivity contribution in [1.29, 1.82) is 0 Å². The Morgan fingerprint density at radius 1 is 0.970 bits per heavy atom. The van der Waals surface area contributed by atoms with Crippen LogP contribution in [0.25, 0.3) is 16.6 Å². The van der Waals surface area contributed by atoms with Gasteiger partial charge in [0.05, 0.1) is 27.7 Å². The number of piperazine rings is 1. The Kier molecular flexibility index (Phi) is 12.7. The molecule has 0 radical (unpaired) electrons. The molecule has 1 amide bonds. The number of aromatic amines is 1. The summed E-state index contributed by atoms with van der Waals surface area (Å²) in [5.41, 5.74) is 4.47. The van der Waals surface area contributed by atoms with Gasteiger partial charge < -0.3 is 29.0 Å². The molecule has 3 aromatic carbocycles. The predicted molar refractivity (Wildman–Crippen MR) is 251 cm³/mol. The molecule has 0 saturated carbocycles. The predicted octanol–water partition coefficient (Wildman–Crippen LogP) is 8.85. The first kappa shape index (κ1) is 45.4. The number of allylic oxidation sites excluding steroid dienone is 1. The van der Waals surface area contributed by atoms with E-state index in [1.54, 1.807) is 12.3 Å². The van der Waals surface area contributed by atoms with Crippen LogP contribution in [0.2, 0.25) is 5.02 Å². The van der Waals surface area contributed by atoms with Gasteiger partial charge in [-0.15, -0.1) is 0 Å². The number of rotatable bonds is 12. The quantitative estimate of drug-likeness (QED) is 0.0901. The number of nitrogens with zero attached hydrogens (tertiary/aromatic N) is 5. The van der Waals surface area contributed by atoms with Crippen LogP contribution in [0.15, 0.2) is 89.5 Å². The molecule has 348 valence electrons. The number of pyridine rings is 1. The maximum atomic E-state index is 15.3. The third kappa shape index (κ3) is 9.85. The summed E-state index contributed by atoms with van der Waals surface area (Å²) in [5.74, 6) is -0.868. The average molecular weight is 943 g/mol. The van der Waals surface area contributed by atoms with Crippen LogP contribution in [0.3, 0.4) is 0 Å². The number of fused-ring (bicyclic) bond motifs is 2. The normalized spacial score (nSPS) is 18.9. The van der Waals surface area contributed by atoms with Crippen molar-refractivity contribution < 1.29 is 36.7 Å². The summed E-state index contributed by atoms with van der Waals surface area (Å²) in [6.07, 6.45) is 5.64. The van der Waals surface area contributed by atoms with Crippen LogP contribution in [-0.2, 0) is 14.8 Å². The van der Waals surface area contributed by atoms with Crippen molar-refractivity contribution in [3.63, 3.8) is 0 Å². The fourth-order valence-corrected chi connectivity index (χ4v) is 10.4. The van der Waals surface area contributed by atoms with Crippen molar-refractivity contribution in [2.45, 2.75) is 62.9 Å². The number of alkyl halides is 1. The molecule has 2 aromatic heterocycles. The zero-order valence-electron chi connectivity index (χ0n) is 37.0. The highest BCUT2D eigenvalue weighted by Gasteiger charge is 2.36. The molecule has 4 aliphatic rings. The Morgan fingerprint density at radius 3 is 2.50 bits per heavy atom. The van der Waals surface area contributed by atoms with Gasteiger partial charge in [0.25, 0.3) is 15.9 Å². The number of hydrogen-bond acceptors (Lipinski definition) is 12. The average Bonchev–Trinajstić information content (AvgIpc) is 3.66. The van der Waals surface area contributed by atoms with E-state index in [0.717, 1.165) is 86.3 Å². The van der Waals surface area contributed by atoms with Gasteiger partial charge in [-0.1, -0.05) is 43.2 Å². The number of benzene rings is 3. The maximum absolute atomic E-state index is 15.3. The number of carbonyl (C=O) groups excluding carboxylic acids is 1. The Balaban J connectivity index is 0.987.